The number of carbonyl (C=O) groups is 2. The lowest BCUT2D eigenvalue weighted by Gasteiger charge is -2.24. The molecular formula is C32H26ClIN2O7S. The molecule has 9 nitrogen and oxygen atoms in total. The van der Waals surface area contributed by atoms with Crippen molar-refractivity contribution in [2.45, 2.75) is 26.5 Å². The van der Waals surface area contributed by atoms with Gasteiger partial charge in [0.05, 0.1) is 44.7 Å². The van der Waals surface area contributed by atoms with Crippen molar-refractivity contribution in [3.05, 3.63) is 122 Å². The van der Waals surface area contributed by atoms with Crippen LogP contribution in [0.15, 0.2) is 81.7 Å². The Labute approximate surface area is 274 Å². The molecule has 0 unspecified atom stereocenters. The van der Waals surface area contributed by atoms with Gasteiger partial charge in [0.25, 0.3) is 5.56 Å². The maximum absolute atomic E-state index is 13.9. The van der Waals surface area contributed by atoms with Crippen molar-refractivity contribution in [2.75, 3.05) is 13.7 Å². The van der Waals surface area contributed by atoms with Gasteiger partial charge in [-0.3, -0.25) is 9.36 Å². The quantitative estimate of drug-likeness (QED) is 0.182. The van der Waals surface area contributed by atoms with E-state index in [0.717, 1.165) is 3.57 Å². The molecule has 1 atom stereocenters. The summed E-state index contributed by atoms with van der Waals surface area (Å²) >= 11 is 9.48. The van der Waals surface area contributed by atoms with E-state index in [1.165, 1.54) is 29.1 Å². The van der Waals surface area contributed by atoms with Gasteiger partial charge in [-0.2, -0.15) is 0 Å². The highest BCUT2D eigenvalue weighted by molar-refractivity contribution is 14.1. The molecule has 44 heavy (non-hydrogen) atoms. The lowest BCUT2D eigenvalue weighted by Crippen LogP contribution is -2.39. The average Bonchev–Trinajstić information content (AvgIpc) is 3.30. The molecule has 0 radical (unpaired) electrons. The molecule has 5 rings (SSSR count). The zero-order valence-corrected chi connectivity index (χ0v) is 27.5. The second-order valence-corrected chi connectivity index (χ2v) is 12.3. The number of aromatic nitrogens is 1. The Morgan fingerprint density at radius 1 is 1.16 bits per heavy atom. The van der Waals surface area contributed by atoms with E-state index < -0.39 is 18.0 Å². The second-order valence-electron chi connectivity index (χ2n) is 9.68. The van der Waals surface area contributed by atoms with E-state index in [4.69, 9.17) is 25.8 Å². The third kappa shape index (κ3) is 6.44. The molecule has 12 heteroatoms. The fourth-order valence-corrected chi connectivity index (χ4v) is 6.77. The fourth-order valence-electron chi connectivity index (χ4n) is 4.82. The maximum Gasteiger partial charge on any atom is 0.338 e. The van der Waals surface area contributed by atoms with E-state index in [1.807, 2.05) is 6.07 Å². The van der Waals surface area contributed by atoms with Gasteiger partial charge in [-0.15, -0.1) is 0 Å². The number of halogens is 2. The Kier molecular flexibility index (Phi) is 9.56. The van der Waals surface area contributed by atoms with Gasteiger partial charge in [0.1, 0.15) is 6.61 Å². The number of thiazole rings is 1. The van der Waals surface area contributed by atoms with E-state index in [-0.39, 0.29) is 24.3 Å². The molecule has 0 saturated carbocycles. The zero-order chi connectivity index (χ0) is 31.5. The minimum Gasteiger partial charge on any atom is -0.493 e. The van der Waals surface area contributed by atoms with Crippen LogP contribution in [0.5, 0.6) is 11.5 Å². The zero-order valence-electron chi connectivity index (χ0n) is 23.8. The van der Waals surface area contributed by atoms with Gasteiger partial charge in [0.2, 0.25) is 0 Å². The van der Waals surface area contributed by atoms with Crippen LogP contribution in [0.25, 0.3) is 6.08 Å². The van der Waals surface area contributed by atoms with E-state index in [1.54, 1.807) is 68.5 Å². The van der Waals surface area contributed by atoms with Crippen LogP contribution in [0.4, 0.5) is 0 Å². The van der Waals surface area contributed by atoms with E-state index in [0.29, 0.717) is 53.8 Å². The molecule has 4 aromatic rings. The summed E-state index contributed by atoms with van der Waals surface area (Å²) in [6.45, 7) is 3.78. The summed E-state index contributed by atoms with van der Waals surface area (Å²) in [7, 11) is 1.52. The van der Waals surface area contributed by atoms with Gasteiger partial charge in [0.15, 0.2) is 16.3 Å². The number of ether oxygens (including phenoxy) is 3. The van der Waals surface area contributed by atoms with Gasteiger partial charge in [-0.25, -0.2) is 14.6 Å². The van der Waals surface area contributed by atoms with Crippen molar-refractivity contribution < 1.29 is 28.9 Å². The Hall–Kier alpha value is -3.94. The van der Waals surface area contributed by atoms with Crippen LogP contribution in [0.1, 0.15) is 46.9 Å². The molecule has 1 aromatic heterocycles. The normalized spacial score (nSPS) is 14.6. The number of carboxylic acids is 1. The van der Waals surface area contributed by atoms with Gasteiger partial charge in [0, 0.05) is 5.02 Å². The van der Waals surface area contributed by atoms with Crippen LogP contribution in [0.2, 0.25) is 5.02 Å². The fraction of sp³-hybridized carbons (Fsp3) is 0.188. The van der Waals surface area contributed by atoms with E-state index in [9.17, 15) is 19.5 Å². The highest BCUT2D eigenvalue weighted by Crippen LogP contribution is 2.35. The Morgan fingerprint density at radius 3 is 2.59 bits per heavy atom. The minimum absolute atomic E-state index is 0.137. The number of aromatic carboxylic acids is 1. The van der Waals surface area contributed by atoms with Crippen LogP contribution in [0.3, 0.4) is 0 Å². The van der Waals surface area contributed by atoms with Gasteiger partial charge < -0.3 is 19.3 Å². The second kappa shape index (κ2) is 13.4. The molecule has 3 aromatic carbocycles. The molecule has 1 aliphatic rings. The summed E-state index contributed by atoms with van der Waals surface area (Å²) in [6.07, 6.45) is 1.75. The monoisotopic (exact) mass is 744 g/mol. The topological polar surface area (TPSA) is 116 Å². The van der Waals surface area contributed by atoms with Crippen LogP contribution in [0, 0.1) is 3.57 Å². The molecule has 0 amide bonds. The van der Waals surface area contributed by atoms with Crippen molar-refractivity contribution in [1.82, 2.24) is 4.57 Å². The van der Waals surface area contributed by atoms with Crippen molar-refractivity contribution in [3.8, 4) is 11.5 Å². The van der Waals surface area contributed by atoms with Crippen LogP contribution < -0.4 is 24.4 Å². The maximum atomic E-state index is 13.9. The lowest BCUT2D eigenvalue weighted by atomic mass is 9.96. The third-order valence-corrected chi connectivity index (χ3v) is 8.85. The van der Waals surface area contributed by atoms with E-state index in [2.05, 4.69) is 27.6 Å². The number of nitrogens with zero attached hydrogens (tertiary/aromatic N) is 2. The standard InChI is InChI=1S/C32H26ClIN2O7S/c1-4-42-31(40)26-17(2)35-32-36(27(26)20-8-10-22(33)11-9-20)29(37)25(44-32)15-19-13-23(34)28(24(14-19)41-3)43-16-18-6-5-7-21(12-18)30(38)39/h5-15,27H,4,16H2,1-3H3,(H,38,39)/b25-15-/t27-/m1/s1. The largest absolute Gasteiger partial charge is 0.493 e. The van der Waals surface area contributed by atoms with Gasteiger partial charge >= 0.3 is 11.9 Å². The molecule has 1 N–H and O–H groups in total. The summed E-state index contributed by atoms with van der Waals surface area (Å²) in [4.78, 5) is 43.4. The molecule has 226 valence electrons. The molecule has 0 aliphatic carbocycles. The summed E-state index contributed by atoms with van der Waals surface area (Å²) < 4.78 is 19.7. The third-order valence-electron chi connectivity index (χ3n) is 6.81. The van der Waals surface area contributed by atoms with Crippen molar-refractivity contribution in [3.63, 3.8) is 0 Å². The van der Waals surface area contributed by atoms with Crippen molar-refractivity contribution in [2.24, 2.45) is 4.99 Å². The number of carboxylic acid groups (broad SMARTS) is 1. The number of benzene rings is 3. The number of allylic oxidation sites excluding steroid dienone is 1. The Balaban J connectivity index is 1.55. The SMILES string of the molecule is CCOC(=O)C1=C(C)N=c2s/c(=C\c3cc(I)c(OCc4cccc(C(=O)O)c4)c(OC)c3)c(=O)n2[C@@H]1c1ccc(Cl)cc1. The van der Waals surface area contributed by atoms with Crippen LogP contribution in [-0.4, -0.2) is 35.3 Å². The van der Waals surface area contributed by atoms with Crippen LogP contribution >= 0.6 is 45.5 Å². The minimum atomic E-state index is -1.01. The Bertz CT molecular complexity index is 1980. The van der Waals surface area contributed by atoms with Crippen molar-refractivity contribution in [1.29, 1.82) is 0 Å². The molecule has 0 saturated heterocycles. The average molecular weight is 745 g/mol. The first-order valence-corrected chi connectivity index (χ1v) is 15.7. The highest BCUT2D eigenvalue weighted by Gasteiger charge is 2.33. The summed E-state index contributed by atoms with van der Waals surface area (Å²) in [6, 6.07) is 16.4. The Morgan fingerprint density at radius 2 is 1.91 bits per heavy atom. The number of hydrogen-bond acceptors (Lipinski definition) is 8. The van der Waals surface area contributed by atoms with Gasteiger partial charge in [-0.05, 0) is 95.6 Å². The first kappa shape index (κ1) is 31.5. The molecule has 1 aliphatic heterocycles. The predicted molar refractivity (Wildman–Crippen MR) is 175 cm³/mol. The lowest BCUT2D eigenvalue weighted by molar-refractivity contribution is -0.139. The van der Waals surface area contributed by atoms with Gasteiger partial charge in [-0.1, -0.05) is 47.2 Å². The molecule has 0 bridgehead atoms. The van der Waals surface area contributed by atoms with Crippen LogP contribution in [-0.2, 0) is 16.1 Å². The number of esters is 1. The number of hydrogen-bond donors (Lipinski definition) is 1. The number of carbonyl (C=O) groups excluding carboxylic acids is 1. The highest BCUT2D eigenvalue weighted by atomic mass is 127. The molecule has 0 fully saturated rings. The smallest absolute Gasteiger partial charge is 0.338 e. The number of rotatable bonds is 9. The summed E-state index contributed by atoms with van der Waals surface area (Å²) in [5.74, 6) is -0.609. The molecular weight excluding hydrogens is 719 g/mol. The summed E-state index contributed by atoms with van der Waals surface area (Å²) in [5, 5.41) is 9.81. The van der Waals surface area contributed by atoms with Crippen molar-refractivity contribution >= 4 is 63.5 Å². The molecule has 0 spiro atoms. The summed E-state index contributed by atoms with van der Waals surface area (Å²) in [5.41, 5.74) is 2.72. The first-order chi connectivity index (χ1) is 21.1. The molecule has 2 heterocycles. The number of fused-ring (bicyclic) bond motifs is 1. The predicted octanol–water partition coefficient (Wildman–Crippen LogP) is 5.34. The first-order valence-electron chi connectivity index (χ1n) is 13.4. The van der Waals surface area contributed by atoms with E-state index >= 15 is 0 Å². The number of methoxy groups -OCH3 is 1.